The molecule has 0 heterocycles. The van der Waals surface area contributed by atoms with Crippen molar-refractivity contribution in [2.75, 3.05) is 13.6 Å². The summed E-state index contributed by atoms with van der Waals surface area (Å²) in [6, 6.07) is 0. The highest BCUT2D eigenvalue weighted by molar-refractivity contribution is 4.65. The molecule has 0 saturated heterocycles. The van der Waals surface area contributed by atoms with Crippen LogP contribution in [0.25, 0.3) is 0 Å². The second-order valence-corrected chi connectivity index (χ2v) is 1.14. The van der Waals surface area contributed by atoms with E-state index in [1.54, 1.807) is 7.05 Å². The molecule has 0 fully saturated rings. The third-order valence-corrected chi connectivity index (χ3v) is 0.575. The minimum Gasteiger partial charge on any atom is -0.198 e. The molecule has 0 aliphatic carbocycles. The van der Waals surface area contributed by atoms with Crippen molar-refractivity contribution in [3.8, 4) is 0 Å². The highest BCUT2D eigenvalue weighted by Gasteiger charge is 1.70. The van der Waals surface area contributed by atoms with E-state index in [0.29, 0.717) is 0 Å². The molecule has 7 heavy (non-hydrogen) atoms. The van der Waals surface area contributed by atoms with Crippen LogP contribution in [0.2, 0.25) is 0 Å². The number of nitrogens with zero attached hydrogens (tertiary/aromatic N) is 2. The summed E-state index contributed by atoms with van der Waals surface area (Å²) in [5.41, 5.74) is 0. The van der Waals surface area contributed by atoms with Crippen LogP contribution < -0.4 is 0 Å². The zero-order valence-corrected chi connectivity index (χ0v) is 4.59. The van der Waals surface area contributed by atoms with E-state index in [9.17, 15) is 0 Å². The van der Waals surface area contributed by atoms with Crippen LogP contribution in [0.1, 0.15) is 6.42 Å². The van der Waals surface area contributed by atoms with E-state index in [1.807, 2.05) is 6.08 Å². The van der Waals surface area contributed by atoms with Crippen molar-refractivity contribution >= 4 is 0 Å². The topological polar surface area (TPSA) is 24.7 Å². The lowest BCUT2D eigenvalue weighted by molar-refractivity contribution is 0.911. The zero-order chi connectivity index (χ0) is 5.54. The van der Waals surface area contributed by atoms with Gasteiger partial charge in [0, 0.05) is 7.05 Å². The maximum atomic E-state index is 3.72. The van der Waals surface area contributed by atoms with Crippen molar-refractivity contribution in [3.05, 3.63) is 12.7 Å². The summed E-state index contributed by atoms with van der Waals surface area (Å²) in [4.78, 5) is 0. The van der Waals surface area contributed by atoms with Crippen molar-refractivity contribution in [2.45, 2.75) is 6.42 Å². The summed E-state index contributed by atoms with van der Waals surface area (Å²) in [6.07, 6.45) is 2.76. The third-order valence-electron chi connectivity index (χ3n) is 0.575. The molecule has 0 aliphatic rings. The Bertz CT molecular complexity index is 66.5. The normalized spacial score (nSPS) is 9.86. The van der Waals surface area contributed by atoms with Gasteiger partial charge in [0.25, 0.3) is 0 Å². The molecule has 0 amide bonds. The molecule has 0 spiro atoms. The molecule has 0 bridgehead atoms. The highest BCUT2D eigenvalue weighted by atomic mass is 15.1. The van der Waals surface area contributed by atoms with E-state index >= 15 is 0 Å². The van der Waals surface area contributed by atoms with Crippen molar-refractivity contribution < 1.29 is 0 Å². The molecule has 0 aromatic carbocycles. The van der Waals surface area contributed by atoms with Crippen molar-refractivity contribution in [1.82, 2.24) is 0 Å². The minimum atomic E-state index is 0.778. The fourth-order valence-corrected chi connectivity index (χ4v) is 0.249. The third kappa shape index (κ3) is 5.34. The average Bonchev–Trinajstić information content (AvgIpc) is 1.69. The summed E-state index contributed by atoms with van der Waals surface area (Å²) >= 11 is 0. The van der Waals surface area contributed by atoms with E-state index in [1.165, 1.54) is 0 Å². The Kier molecular flexibility index (Phi) is 4.84. The van der Waals surface area contributed by atoms with E-state index in [0.717, 1.165) is 13.0 Å². The molecule has 0 atom stereocenters. The Balaban J connectivity index is 2.82. The van der Waals surface area contributed by atoms with Gasteiger partial charge >= 0.3 is 0 Å². The Morgan fingerprint density at radius 3 is 2.86 bits per heavy atom. The van der Waals surface area contributed by atoms with Gasteiger partial charge in [-0.1, -0.05) is 6.08 Å². The first kappa shape index (κ1) is 6.34. The second kappa shape index (κ2) is 5.34. The van der Waals surface area contributed by atoms with Gasteiger partial charge < -0.3 is 0 Å². The molecule has 0 aromatic rings. The predicted octanol–water partition coefficient (Wildman–Crippen LogP) is 1.64. The first-order valence-electron chi connectivity index (χ1n) is 2.28. The van der Waals surface area contributed by atoms with Gasteiger partial charge in [0.2, 0.25) is 0 Å². The number of hydrogen-bond acceptors (Lipinski definition) is 2. The van der Waals surface area contributed by atoms with Crippen LogP contribution in [-0.2, 0) is 0 Å². The van der Waals surface area contributed by atoms with Crippen LogP contribution in [0, 0.1) is 0 Å². The predicted molar refractivity (Wildman–Crippen MR) is 30.5 cm³/mol. The summed E-state index contributed by atoms with van der Waals surface area (Å²) < 4.78 is 0. The summed E-state index contributed by atoms with van der Waals surface area (Å²) in [6.45, 7) is 4.31. The summed E-state index contributed by atoms with van der Waals surface area (Å²) in [5, 5.41) is 7.27. The molecule has 0 aliphatic heterocycles. The molecular weight excluding hydrogens is 88.1 g/mol. The van der Waals surface area contributed by atoms with Crippen molar-refractivity contribution in [3.63, 3.8) is 0 Å². The van der Waals surface area contributed by atoms with E-state index < -0.39 is 0 Å². The van der Waals surface area contributed by atoms with Gasteiger partial charge in [-0.05, 0) is 6.42 Å². The van der Waals surface area contributed by atoms with Crippen LogP contribution in [0.5, 0.6) is 0 Å². The van der Waals surface area contributed by atoms with Gasteiger partial charge in [-0.3, -0.25) is 0 Å². The van der Waals surface area contributed by atoms with Gasteiger partial charge in [-0.25, -0.2) is 0 Å². The first-order chi connectivity index (χ1) is 3.41. The van der Waals surface area contributed by atoms with Crippen molar-refractivity contribution in [1.29, 1.82) is 0 Å². The van der Waals surface area contributed by atoms with Gasteiger partial charge in [-0.15, -0.1) is 6.58 Å². The molecule has 40 valence electrons. The summed E-state index contributed by atoms with van der Waals surface area (Å²) in [5.74, 6) is 0. The number of hydrogen-bond donors (Lipinski definition) is 0. The van der Waals surface area contributed by atoms with Gasteiger partial charge in [0.15, 0.2) is 0 Å². The van der Waals surface area contributed by atoms with Gasteiger partial charge in [-0.2, -0.15) is 10.2 Å². The molecule has 0 saturated carbocycles. The van der Waals surface area contributed by atoms with Crippen LogP contribution in [0.15, 0.2) is 22.9 Å². The molecule has 2 nitrogen and oxygen atoms in total. The molecule has 0 unspecified atom stereocenters. The fourth-order valence-electron chi connectivity index (χ4n) is 0.249. The SMILES string of the molecule is C=CCCN=NC. The van der Waals surface area contributed by atoms with Crippen LogP contribution in [0.4, 0.5) is 0 Å². The minimum absolute atomic E-state index is 0.778. The molecular formula is C5H10N2. The Hall–Kier alpha value is -0.660. The average molecular weight is 98.1 g/mol. The Labute approximate surface area is 44.0 Å². The maximum absolute atomic E-state index is 3.72. The number of azo groups is 1. The number of rotatable bonds is 3. The monoisotopic (exact) mass is 98.1 g/mol. The molecule has 0 aromatic heterocycles. The van der Waals surface area contributed by atoms with Crippen LogP contribution in [-0.4, -0.2) is 13.6 Å². The fraction of sp³-hybridized carbons (Fsp3) is 0.600. The maximum Gasteiger partial charge on any atom is 0.0633 e. The molecule has 0 rings (SSSR count). The Morgan fingerprint density at radius 2 is 2.43 bits per heavy atom. The standard InChI is InChI=1S/C5H10N2/c1-3-4-5-7-6-2/h3H,1,4-5H2,2H3. The lowest BCUT2D eigenvalue weighted by Gasteiger charge is -1.78. The lowest BCUT2D eigenvalue weighted by atomic mass is 10.4. The lowest BCUT2D eigenvalue weighted by Crippen LogP contribution is -1.70. The first-order valence-corrected chi connectivity index (χ1v) is 2.28. The van der Waals surface area contributed by atoms with Gasteiger partial charge in [0.05, 0.1) is 6.54 Å². The Morgan fingerprint density at radius 1 is 1.71 bits per heavy atom. The molecule has 0 radical (unpaired) electrons. The smallest absolute Gasteiger partial charge is 0.0633 e. The van der Waals surface area contributed by atoms with Crippen LogP contribution >= 0.6 is 0 Å². The van der Waals surface area contributed by atoms with E-state index in [4.69, 9.17) is 0 Å². The zero-order valence-electron chi connectivity index (χ0n) is 4.59. The van der Waals surface area contributed by atoms with E-state index in [-0.39, 0.29) is 0 Å². The molecule has 2 heteroatoms. The highest BCUT2D eigenvalue weighted by Crippen LogP contribution is 1.79. The molecule has 0 N–H and O–H groups in total. The second-order valence-electron chi connectivity index (χ2n) is 1.14. The van der Waals surface area contributed by atoms with Crippen molar-refractivity contribution in [2.24, 2.45) is 10.2 Å². The van der Waals surface area contributed by atoms with Gasteiger partial charge in [0.1, 0.15) is 0 Å². The summed E-state index contributed by atoms with van der Waals surface area (Å²) in [7, 11) is 1.67. The van der Waals surface area contributed by atoms with Crippen LogP contribution in [0.3, 0.4) is 0 Å². The van der Waals surface area contributed by atoms with E-state index in [2.05, 4.69) is 16.8 Å². The largest absolute Gasteiger partial charge is 0.198 e. The quantitative estimate of drug-likeness (QED) is 0.291.